The summed E-state index contributed by atoms with van der Waals surface area (Å²) in [5.74, 6) is 0.885. The van der Waals surface area contributed by atoms with Crippen molar-refractivity contribution in [1.29, 1.82) is 0 Å². The molecule has 1 aromatic carbocycles. The number of benzene rings is 1. The van der Waals surface area contributed by atoms with Crippen molar-refractivity contribution in [3.8, 4) is 5.75 Å². The van der Waals surface area contributed by atoms with Crippen LogP contribution in [0.1, 0.15) is 43.4 Å². The van der Waals surface area contributed by atoms with Crippen molar-refractivity contribution in [2.24, 2.45) is 0 Å². The smallest absolute Gasteiger partial charge is 0.153 e. The zero-order chi connectivity index (χ0) is 14.6. The third kappa shape index (κ3) is 3.96. The maximum atomic E-state index is 11.6. The van der Waals surface area contributed by atoms with E-state index in [1.54, 1.807) is 0 Å². The summed E-state index contributed by atoms with van der Waals surface area (Å²) in [6.07, 6.45) is 2.97. The second kappa shape index (κ2) is 6.59. The molecule has 0 aromatic heterocycles. The number of hydrogen-bond donors (Lipinski definition) is 1. The Labute approximate surface area is 120 Å². The fourth-order valence-electron chi connectivity index (χ4n) is 2.54. The zero-order valence-corrected chi connectivity index (χ0v) is 12.7. The van der Waals surface area contributed by atoms with Crippen LogP contribution in [0.25, 0.3) is 0 Å². The van der Waals surface area contributed by atoms with Crippen LogP contribution < -0.4 is 4.74 Å². The molecular formula is C15H22O4S. The summed E-state index contributed by atoms with van der Waals surface area (Å²) in [7, 11) is -3.00. The van der Waals surface area contributed by atoms with Crippen LogP contribution in [0, 0.1) is 0 Å². The number of rotatable bonds is 6. The van der Waals surface area contributed by atoms with Crippen LogP contribution in [0.5, 0.6) is 5.75 Å². The quantitative estimate of drug-likeness (QED) is 0.875. The van der Waals surface area contributed by atoms with Crippen molar-refractivity contribution in [2.75, 3.05) is 18.1 Å². The fourth-order valence-corrected chi connectivity index (χ4v) is 3.70. The molecule has 5 heteroatoms. The fraction of sp³-hybridized carbons (Fsp3) is 0.600. The topological polar surface area (TPSA) is 63.6 Å². The highest BCUT2D eigenvalue weighted by molar-refractivity contribution is 7.91. The predicted octanol–water partition coefficient (Wildman–Crippen LogP) is 2.26. The molecule has 0 amide bonds. The molecule has 0 saturated carbocycles. The monoisotopic (exact) mass is 298 g/mol. The lowest BCUT2D eigenvalue weighted by Gasteiger charge is -2.22. The lowest BCUT2D eigenvalue weighted by Crippen LogP contribution is -2.17. The number of aliphatic hydroxyl groups is 1. The third-order valence-electron chi connectivity index (χ3n) is 3.58. The van der Waals surface area contributed by atoms with Crippen molar-refractivity contribution in [3.63, 3.8) is 0 Å². The van der Waals surface area contributed by atoms with Gasteiger partial charge < -0.3 is 9.84 Å². The van der Waals surface area contributed by atoms with Gasteiger partial charge in [-0.2, -0.15) is 0 Å². The van der Waals surface area contributed by atoms with E-state index in [1.165, 1.54) is 0 Å². The summed E-state index contributed by atoms with van der Waals surface area (Å²) < 4.78 is 28.7. The maximum absolute atomic E-state index is 11.6. The number of aryl methyl sites for hydroxylation is 1. The van der Waals surface area contributed by atoms with E-state index >= 15 is 0 Å². The lowest BCUT2D eigenvalue weighted by molar-refractivity contribution is 0.156. The van der Waals surface area contributed by atoms with E-state index in [2.05, 4.69) is 0 Å². The SMILES string of the molecule is CCCS(=O)(=O)CCOc1ccc2c(c1)[C@@H](O)CCC2. The minimum Gasteiger partial charge on any atom is -0.493 e. The number of ether oxygens (including phenoxy) is 1. The number of fused-ring (bicyclic) bond motifs is 1. The first-order chi connectivity index (χ1) is 9.52. The first kappa shape index (κ1) is 15.3. The molecule has 0 bridgehead atoms. The Hall–Kier alpha value is -1.07. The van der Waals surface area contributed by atoms with Gasteiger partial charge in [0.15, 0.2) is 9.84 Å². The van der Waals surface area contributed by atoms with E-state index in [-0.39, 0.29) is 18.1 Å². The summed E-state index contributed by atoms with van der Waals surface area (Å²) in [4.78, 5) is 0. The molecule has 0 unspecified atom stereocenters. The summed E-state index contributed by atoms with van der Waals surface area (Å²) in [5, 5.41) is 9.96. The van der Waals surface area contributed by atoms with E-state index in [4.69, 9.17) is 4.74 Å². The van der Waals surface area contributed by atoms with Gasteiger partial charge in [-0.05, 0) is 48.9 Å². The minimum atomic E-state index is -3.00. The van der Waals surface area contributed by atoms with Gasteiger partial charge in [-0.3, -0.25) is 0 Å². The van der Waals surface area contributed by atoms with E-state index < -0.39 is 15.9 Å². The van der Waals surface area contributed by atoms with Gasteiger partial charge >= 0.3 is 0 Å². The molecule has 1 aliphatic carbocycles. The van der Waals surface area contributed by atoms with Gasteiger partial charge in [0.1, 0.15) is 12.4 Å². The molecular weight excluding hydrogens is 276 g/mol. The molecule has 1 N–H and O–H groups in total. The van der Waals surface area contributed by atoms with Gasteiger partial charge in [-0.25, -0.2) is 8.42 Å². The average molecular weight is 298 g/mol. The highest BCUT2D eigenvalue weighted by Crippen LogP contribution is 2.32. The van der Waals surface area contributed by atoms with Crippen molar-refractivity contribution in [1.82, 2.24) is 0 Å². The van der Waals surface area contributed by atoms with Gasteiger partial charge in [0.05, 0.1) is 17.6 Å². The average Bonchev–Trinajstić information content (AvgIpc) is 2.39. The van der Waals surface area contributed by atoms with Crippen molar-refractivity contribution in [3.05, 3.63) is 29.3 Å². The molecule has 20 heavy (non-hydrogen) atoms. The Balaban J connectivity index is 1.96. The molecule has 1 aromatic rings. The molecule has 0 heterocycles. The molecule has 0 aliphatic heterocycles. The van der Waals surface area contributed by atoms with Crippen LogP contribution in [-0.2, 0) is 16.3 Å². The van der Waals surface area contributed by atoms with Crippen molar-refractivity contribution in [2.45, 2.75) is 38.7 Å². The van der Waals surface area contributed by atoms with Crippen LogP contribution in [-0.4, -0.2) is 31.6 Å². The molecule has 0 spiro atoms. The Morgan fingerprint density at radius 3 is 2.90 bits per heavy atom. The first-order valence-electron chi connectivity index (χ1n) is 7.16. The van der Waals surface area contributed by atoms with Crippen LogP contribution in [0.4, 0.5) is 0 Å². The van der Waals surface area contributed by atoms with Crippen LogP contribution in [0.15, 0.2) is 18.2 Å². The summed E-state index contributed by atoms with van der Waals surface area (Å²) in [6, 6.07) is 5.66. The Morgan fingerprint density at radius 1 is 1.35 bits per heavy atom. The van der Waals surface area contributed by atoms with Gasteiger partial charge in [0.2, 0.25) is 0 Å². The number of sulfone groups is 1. The van der Waals surface area contributed by atoms with Crippen molar-refractivity contribution < 1.29 is 18.3 Å². The van der Waals surface area contributed by atoms with Crippen molar-refractivity contribution >= 4 is 9.84 Å². The van der Waals surface area contributed by atoms with E-state index in [1.807, 2.05) is 25.1 Å². The summed E-state index contributed by atoms with van der Waals surface area (Å²) in [6.45, 7) is 2.01. The predicted molar refractivity (Wildman–Crippen MR) is 78.8 cm³/mol. The standard InChI is InChI=1S/C15H22O4S/c1-2-9-20(17,18)10-8-19-13-7-6-12-4-3-5-15(16)14(12)11-13/h6-7,11,15-16H,2-5,8-10H2,1H3/t15-/m0/s1. The molecule has 4 nitrogen and oxygen atoms in total. The van der Waals surface area contributed by atoms with Gasteiger partial charge in [0.25, 0.3) is 0 Å². The van der Waals surface area contributed by atoms with E-state index in [9.17, 15) is 13.5 Å². The molecule has 1 atom stereocenters. The largest absolute Gasteiger partial charge is 0.493 e. The Morgan fingerprint density at radius 2 is 2.15 bits per heavy atom. The summed E-state index contributed by atoms with van der Waals surface area (Å²) in [5.41, 5.74) is 2.08. The number of hydrogen-bond acceptors (Lipinski definition) is 4. The normalized spacial score (nSPS) is 18.6. The molecule has 1 aliphatic rings. The highest BCUT2D eigenvalue weighted by atomic mass is 32.2. The second-order valence-electron chi connectivity index (χ2n) is 5.27. The second-order valence-corrected chi connectivity index (χ2v) is 7.57. The molecule has 0 saturated heterocycles. The molecule has 0 radical (unpaired) electrons. The first-order valence-corrected chi connectivity index (χ1v) is 8.98. The van der Waals surface area contributed by atoms with Gasteiger partial charge in [-0.15, -0.1) is 0 Å². The van der Waals surface area contributed by atoms with Gasteiger partial charge in [-0.1, -0.05) is 13.0 Å². The summed E-state index contributed by atoms with van der Waals surface area (Å²) >= 11 is 0. The maximum Gasteiger partial charge on any atom is 0.153 e. The van der Waals surface area contributed by atoms with E-state index in [0.29, 0.717) is 12.2 Å². The lowest BCUT2D eigenvalue weighted by atomic mass is 9.89. The zero-order valence-electron chi connectivity index (χ0n) is 11.8. The van der Waals surface area contributed by atoms with Crippen LogP contribution >= 0.6 is 0 Å². The Kier molecular flexibility index (Phi) is 5.05. The highest BCUT2D eigenvalue weighted by Gasteiger charge is 2.18. The van der Waals surface area contributed by atoms with Crippen LogP contribution in [0.2, 0.25) is 0 Å². The molecule has 2 rings (SSSR count). The Bertz CT molecular complexity index is 551. The molecule has 0 fully saturated rings. The van der Waals surface area contributed by atoms with Crippen LogP contribution in [0.3, 0.4) is 0 Å². The van der Waals surface area contributed by atoms with Gasteiger partial charge in [0, 0.05) is 0 Å². The third-order valence-corrected chi connectivity index (χ3v) is 5.40. The minimum absolute atomic E-state index is 0.0421. The number of aliphatic hydroxyl groups excluding tert-OH is 1. The van der Waals surface area contributed by atoms with E-state index in [0.717, 1.165) is 30.4 Å². The molecule has 112 valence electrons.